The van der Waals surface area contributed by atoms with E-state index in [0.29, 0.717) is 0 Å². The number of likely N-dealkylation sites (tertiary alicyclic amines) is 1. The van der Waals surface area contributed by atoms with Crippen LogP contribution in [0.5, 0.6) is 0 Å². The highest BCUT2D eigenvalue weighted by molar-refractivity contribution is 5.89. The van der Waals surface area contributed by atoms with Crippen molar-refractivity contribution in [3.63, 3.8) is 0 Å². The molecule has 1 N–H and O–H groups in total. The number of aryl methyl sites for hydroxylation is 1. The van der Waals surface area contributed by atoms with Gasteiger partial charge in [-0.15, -0.1) is 10.2 Å². The number of nitrogens with one attached hydrogen (secondary N) is 1. The summed E-state index contributed by atoms with van der Waals surface area (Å²) in [5, 5.41) is 8.42. The summed E-state index contributed by atoms with van der Waals surface area (Å²) >= 11 is 0. The molecule has 0 spiro atoms. The fourth-order valence-corrected chi connectivity index (χ4v) is 3.29. The van der Waals surface area contributed by atoms with Crippen LogP contribution in [0.3, 0.4) is 0 Å². The number of aromatic nitrogens is 3. The third kappa shape index (κ3) is 2.88. The number of hydrogen-bond acceptors (Lipinski definition) is 4. The molecule has 3 heterocycles. The molecule has 1 aliphatic heterocycles. The van der Waals surface area contributed by atoms with Crippen LogP contribution in [0.15, 0.2) is 34.9 Å². The Balaban J connectivity index is 1.61. The average molecular weight is 346 g/mol. The zero-order valence-electron chi connectivity index (χ0n) is 13.5. The van der Waals surface area contributed by atoms with E-state index in [-0.39, 0.29) is 24.1 Å². The van der Waals surface area contributed by atoms with Crippen molar-refractivity contribution in [1.82, 2.24) is 20.1 Å². The first-order valence-corrected chi connectivity index (χ1v) is 7.95. The van der Waals surface area contributed by atoms with Crippen LogP contribution in [-0.4, -0.2) is 38.5 Å². The molecule has 8 heteroatoms. The molecule has 1 amide bonds. The summed E-state index contributed by atoms with van der Waals surface area (Å²) in [4.78, 5) is 17.0. The predicted molar refractivity (Wildman–Crippen MR) is 85.1 cm³/mol. The first kappa shape index (κ1) is 15.7. The number of carbonyl (C=O) groups excluding carboxylic acids is 1. The second kappa shape index (κ2) is 5.65. The molecule has 0 unspecified atom stereocenters. The van der Waals surface area contributed by atoms with Gasteiger partial charge in [0.2, 0.25) is 17.7 Å². The Labute approximate surface area is 141 Å². The molecule has 25 heavy (non-hydrogen) atoms. The predicted octanol–water partition coefficient (Wildman–Crippen LogP) is 3.01. The minimum Gasteiger partial charge on any atom is -0.423 e. The first-order valence-electron chi connectivity index (χ1n) is 7.95. The van der Waals surface area contributed by atoms with E-state index >= 15 is 0 Å². The van der Waals surface area contributed by atoms with Gasteiger partial charge in [0.1, 0.15) is 6.04 Å². The molecule has 1 atom stereocenters. The van der Waals surface area contributed by atoms with Crippen molar-refractivity contribution in [3.8, 4) is 0 Å². The largest absolute Gasteiger partial charge is 0.423 e. The van der Waals surface area contributed by atoms with Crippen molar-refractivity contribution in [2.45, 2.75) is 31.7 Å². The van der Waals surface area contributed by atoms with E-state index in [1.165, 1.54) is 0 Å². The summed E-state index contributed by atoms with van der Waals surface area (Å²) < 4.78 is 33.2. The van der Waals surface area contributed by atoms with Crippen molar-refractivity contribution in [3.05, 3.63) is 47.8 Å². The Bertz CT molecular complexity index is 934. The van der Waals surface area contributed by atoms with E-state index in [1.807, 2.05) is 24.3 Å². The van der Waals surface area contributed by atoms with Gasteiger partial charge in [-0.2, -0.15) is 0 Å². The molecule has 1 aromatic carbocycles. The average Bonchev–Trinajstić information content (AvgIpc) is 3.25. The van der Waals surface area contributed by atoms with Crippen LogP contribution in [0.2, 0.25) is 0 Å². The van der Waals surface area contributed by atoms with Gasteiger partial charge in [0.15, 0.2) is 0 Å². The fourth-order valence-electron chi connectivity index (χ4n) is 3.29. The maximum Gasteiger partial charge on any atom is 0.267 e. The Hall–Kier alpha value is -2.77. The number of rotatable bonds is 3. The molecular formula is C17H16F2N4O2. The number of alkyl halides is 2. The SMILES string of the molecule is Cc1nnc([C@@H]2CC(F)(F)CN2C(=O)Cc2c[nH]c3ccccc23)o1. The highest BCUT2D eigenvalue weighted by Gasteiger charge is 2.49. The molecule has 0 bridgehead atoms. The lowest BCUT2D eigenvalue weighted by Gasteiger charge is -2.21. The molecule has 0 saturated carbocycles. The highest BCUT2D eigenvalue weighted by Crippen LogP contribution is 2.41. The van der Waals surface area contributed by atoms with E-state index in [2.05, 4.69) is 15.2 Å². The number of H-pyrrole nitrogens is 1. The molecule has 3 aromatic rings. The third-order valence-electron chi connectivity index (χ3n) is 4.43. The lowest BCUT2D eigenvalue weighted by Crippen LogP contribution is -2.34. The zero-order chi connectivity index (χ0) is 17.6. The zero-order valence-corrected chi connectivity index (χ0v) is 13.5. The van der Waals surface area contributed by atoms with Gasteiger partial charge in [-0.3, -0.25) is 4.79 Å². The van der Waals surface area contributed by atoms with Gasteiger partial charge in [0.25, 0.3) is 5.92 Å². The highest BCUT2D eigenvalue weighted by atomic mass is 19.3. The Kier molecular flexibility index (Phi) is 3.55. The molecule has 130 valence electrons. The van der Waals surface area contributed by atoms with Gasteiger partial charge < -0.3 is 14.3 Å². The molecule has 0 aliphatic carbocycles. The second-order valence-electron chi connectivity index (χ2n) is 6.29. The summed E-state index contributed by atoms with van der Waals surface area (Å²) in [7, 11) is 0. The van der Waals surface area contributed by atoms with Crippen molar-refractivity contribution in [1.29, 1.82) is 0 Å². The maximum absolute atomic E-state index is 13.9. The van der Waals surface area contributed by atoms with E-state index < -0.39 is 24.9 Å². The molecule has 1 aliphatic rings. The maximum atomic E-state index is 13.9. The number of para-hydroxylation sites is 1. The normalized spacial score (nSPS) is 19.6. The number of fused-ring (bicyclic) bond motifs is 1. The van der Waals surface area contributed by atoms with Gasteiger partial charge in [0, 0.05) is 30.4 Å². The van der Waals surface area contributed by atoms with Gasteiger partial charge in [-0.25, -0.2) is 8.78 Å². The van der Waals surface area contributed by atoms with Crippen LogP contribution >= 0.6 is 0 Å². The number of hydrogen-bond donors (Lipinski definition) is 1. The fraction of sp³-hybridized carbons (Fsp3) is 0.353. The summed E-state index contributed by atoms with van der Waals surface area (Å²) in [5.41, 5.74) is 1.68. The van der Waals surface area contributed by atoms with Crippen LogP contribution in [0, 0.1) is 6.92 Å². The summed E-state index contributed by atoms with van der Waals surface area (Å²) in [6, 6.07) is 6.66. The molecule has 4 rings (SSSR count). The van der Waals surface area contributed by atoms with Crippen molar-refractivity contribution >= 4 is 16.8 Å². The Morgan fingerprint density at radius 3 is 2.96 bits per heavy atom. The molecule has 2 aromatic heterocycles. The first-order chi connectivity index (χ1) is 11.9. The van der Waals surface area contributed by atoms with Crippen LogP contribution in [0.25, 0.3) is 10.9 Å². The minimum absolute atomic E-state index is 0.0315. The van der Waals surface area contributed by atoms with Gasteiger partial charge >= 0.3 is 0 Å². The number of halogens is 2. The summed E-state index contributed by atoms with van der Waals surface area (Å²) in [5.74, 6) is -3.01. The van der Waals surface area contributed by atoms with E-state index in [4.69, 9.17) is 4.42 Å². The van der Waals surface area contributed by atoms with Crippen molar-refractivity contribution in [2.24, 2.45) is 0 Å². The van der Waals surface area contributed by atoms with Gasteiger partial charge in [-0.1, -0.05) is 18.2 Å². The molecule has 0 radical (unpaired) electrons. The second-order valence-corrected chi connectivity index (χ2v) is 6.29. The van der Waals surface area contributed by atoms with Gasteiger partial charge in [-0.05, 0) is 11.6 Å². The summed E-state index contributed by atoms with van der Waals surface area (Å²) in [6.07, 6.45) is 1.26. The van der Waals surface area contributed by atoms with Crippen LogP contribution in [0.1, 0.15) is 29.8 Å². The Morgan fingerprint density at radius 2 is 2.20 bits per heavy atom. The van der Waals surface area contributed by atoms with Gasteiger partial charge in [0.05, 0.1) is 13.0 Å². The smallest absolute Gasteiger partial charge is 0.267 e. The van der Waals surface area contributed by atoms with E-state index in [0.717, 1.165) is 21.4 Å². The van der Waals surface area contributed by atoms with Crippen LogP contribution < -0.4 is 0 Å². The van der Waals surface area contributed by atoms with E-state index in [1.54, 1.807) is 13.1 Å². The number of nitrogens with zero attached hydrogens (tertiary/aromatic N) is 3. The summed E-state index contributed by atoms with van der Waals surface area (Å²) in [6.45, 7) is 0.946. The molecule has 6 nitrogen and oxygen atoms in total. The van der Waals surface area contributed by atoms with Crippen LogP contribution in [-0.2, 0) is 11.2 Å². The monoisotopic (exact) mass is 346 g/mol. The standard InChI is InChI=1S/C17H16F2N4O2/c1-10-21-22-16(25-10)14-7-17(18,19)9-23(14)15(24)6-11-8-20-13-5-3-2-4-12(11)13/h2-5,8,14,20H,6-7,9H2,1H3/t14-/m0/s1. The third-order valence-corrected chi connectivity index (χ3v) is 4.43. The topological polar surface area (TPSA) is 75.0 Å². The van der Waals surface area contributed by atoms with Crippen molar-refractivity contribution < 1.29 is 18.0 Å². The number of benzene rings is 1. The lowest BCUT2D eigenvalue weighted by atomic mass is 10.1. The molecule has 1 saturated heterocycles. The minimum atomic E-state index is -2.97. The molecule has 1 fully saturated rings. The van der Waals surface area contributed by atoms with Crippen molar-refractivity contribution in [2.75, 3.05) is 6.54 Å². The van der Waals surface area contributed by atoms with E-state index in [9.17, 15) is 13.6 Å². The number of amides is 1. The quantitative estimate of drug-likeness (QED) is 0.791. The van der Waals surface area contributed by atoms with Crippen LogP contribution in [0.4, 0.5) is 8.78 Å². The number of carbonyl (C=O) groups is 1. The lowest BCUT2D eigenvalue weighted by molar-refractivity contribution is -0.133. The number of aromatic amines is 1. The Morgan fingerprint density at radius 1 is 1.40 bits per heavy atom. The molecular weight excluding hydrogens is 330 g/mol.